The van der Waals surface area contributed by atoms with Gasteiger partial charge in [-0.3, -0.25) is 4.79 Å². The Morgan fingerprint density at radius 3 is 2.23 bits per heavy atom. The molecule has 0 aliphatic rings. The number of methoxy groups -OCH3 is 1. The number of amides is 1. The van der Waals surface area contributed by atoms with Crippen LogP contribution in [-0.4, -0.2) is 29.6 Å². The van der Waals surface area contributed by atoms with Crippen LogP contribution in [0.15, 0.2) is 60.7 Å². The Morgan fingerprint density at radius 1 is 0.968 bits per heavy atom. The lowest BCUT2D eigenvalue weighted by molar-refractivity contribution is -0.184. The smallest absolute Gasteiger partial charge is 0.426 e. The predicted molar refractivity (Wildman–Crippen MR) is 111 cm³/mol. The Balaban J connectivity index is 2.07. The molecule has 0 bridgehead atoms. The highest BCUT2D eigenvalue weighted by Gasteiger charge is 2.37. The van der Waals surface area contributed by atoms with Gasteiger partial charge in [-0.15, -0.1) is 0 Å². The van der Waals surface area contributed by atoms with Gasteiger partial charge in [0.15, 0.2) is 0 Å². The lowest BCUT2D eigenvalue weighted by Gasteiger charge is -2.24. The third kappa shape index (κ3) is 4.58. The van der Waals surface area contributed by atoms with Crippen LogP contribution >= 0.6 is 0 Å². The van der Waals surface area contributed by atoms with Crippen molar-refractivity contribution in [2.24, 2.45) is 0 Å². The van der Waals surface area contributed by atoms with E-state index in [0.29, 0.717) is 11.1 Å². The van der Waals surface area contributed by atoms with Crippen LogP contribution in [0.1, 0.15) is 29.8 Å². The van der Waals surface area contributed by atoms with E-state index < -0.39 is 29.1 Å². The lowest BCUT2D eigenvalue weighted by Crippen LogP contribution is -2.49. The molecule has 8 heteroatoms. The van der Waals surface area contributed by atoms with Gasteiger partial charge in [0.1, 0.15) is 17.0 Å². The van der Waals surface area contributed by atoms with Gasteiger partial charge in [-0.05, 0) is 49.6 Å². The number of nitrogens with one attached hydrogen (secondary N) is 1. The SMILES string of the molecule is COc1ccc(C(F)(F)Oc2c(C(=O)NC(C)(C)C(=O)O)ccc3ccccc23)cc1. The van der Waals surface area contributed by atoms with Gasteiger partial charge in [-0.1, -0.05) is 30.3 Å². The van der Waals surface area contributed by atoms with Crippen molar-refractivity contribution in [2.45, 2.75) is 25.5 Å². The average Bonchev–Trinajstić information content (AvgIpc) is 2.73. The summed E-state index contributed by atoms with van der Waals surface area (Å²) in [5.41, 5.74) is -2.25. The molecule has 0 fully saturated rings. The van der Waals surface area contributed by atoms with E-state index in [4.69, 9.17) is 9.47 Å². The Hall–Kier alpha value is -3.68. The third-order valence-electron chi connectivity index (χ3n) is 4.74. The number of benzene rings is 3. The normalized spacial score (nSPS) is 11.8. The maximum Gasteiger partial charge on any atom is 0.426 e. The van der Waals surface area contributed by atoms with Gasteiger partial charge >= 0.3 is 12.1 Å². The van der Waals surface area contributed by atoms with Gasteiger partial charge in [0, 0.05) is 5.39 Å². The van der Waals surface area contributed by atoms with E-state index >= 15 is 8.78 Å². The van der Waals surface area contributed by atoms with Crippen molar-refractivity contribution >= 4 is 22.6 Å². The zero-order chi connectivity index (χ0) is 22.8. The summed E-state index contributed by atoms with van der Waals surface area (Å²) < 4.78 is 40.2. The van der Waals surface area contributed by atoms with Crippen molar-refractivity contribution in [3.05, 3.63) is 71.8 Å². The van der Waals surface area contributed by atoms with E-state index in [1.807, 2.05) is 0 Å². The number of hydrogen-bond acceptors (Lipinski definition) is 4. The summed E-state index contributed by atoms with van der Waals surface area (Å²) in [7, 11) is 1.42. The Labute approximate surface area is 177 Å². The summed E-state index contributed by atoms with van der Waals surface area (Å²) in [5.74, 6) is -2.07. The number of carbonyl (C=O) groups excluding carboxylic acids is 1. The first-order valence-electron chi connectivity index (χ1n) is 9.34. The van der Waals surface area contributed by atoms with Gasteiger partial charge in [-0.2, -0.15) is 8.78 Å². The maximum absolute atomic E-state index is 15.0. The van der Waals surface area contributed by atoms with Crippen LogP contribution in [0, 0.1) is 0 Å². The average molecular weight is 429 g/mol. The van der Waals surface area contributed by atoms with E-state index in [1.165, 1.54) is 39.2 Å². The van der Waals surface area contributed by atoms with E-state index in [-0.39, 0.29) is 16.7 Å². The predicted octanol–water partition coefficient (Wildman–Crippen LogP) is 4.57. The van der Waals surface area contributed by atoms with Crippen molar-refractivity contribution in [3.63, 3.8) is 0 Å². The highest BCUT2D eigenvalue weighted by molar-refractivity contribution is 6.05. The zero-order valence-corrected chi connectivity index (χ0v) is 17.1. The van der Waals surface area contributed by atoms with Crippen LogP contribution in [0.5, 0.6) is 11.5 Å². The molecule has 0 saturated heterocycles. The molecule has 6 nitrogen and oxygen atoms in total. The molecule has 0 aromatic heterocycles. The molecule has 0 aliphatic heterocycles. The number of alkyl halides is 2. The van der Waals surface area contributed by atoms with Crippen molar-refractivity contribution in [1.82, 2.24) is 5.32 Å². The summed E-state index contributed by atoms with van der Waals surface area (Å²) in [6.07, 6.45) is -3.77. The number of carbonyl (C=O) groups is 2. The van der Waals surface area contributed by atoms with Gasteiger partial charge in [0.25, 0.3) is 5.91 Å². The molecule has 162 valence electrons. The second kappa shape index (κ2) is 8.22. The second-order valence-electron chi connectivity index (χ2n) is 7.39. The minimum absolute atomic E-state index is 0.207. The number of rotatable bonds is 7. The molecule has 0 spiro atoms. The molecule has 3 aromatic rings. The van der Waals surface area contributed by atoms with Gasteiger partial charge in [0.05, 0.1) is 18.2 Å². The molecular weight excluding hydrogens is 408 g/mol. The number of aliphatic carboxylic acids is 1. The zero-order valence-electron chi connectivity index (χ0n) is 17.1. The largest absolute Gasteiger partial charge is 0.497 e. The fourth-order valence-electron chi connectivity index (χ4n) is 2.91. The van der Waals surface area contributed by atoms with E-state index in [0.717, 1.165) is 12.1 Å². The van der Waals surface area contributed by atoms with Crippen LogP contribution in [0.2, 0.25) is 0 Å². The fourth-order valence-corrected chi connectivity index (χ4v) is 2.91. The van der Waals surface area contributed by atoms with Gasteiger partial charge in [-0.25, -0.2) is 4.79 Å². The molecule has 0 aliphatic carbocycles. The van der Waals surface area contributed by atoms with Crippen molar-refractivity contribution in [2.75, 3.05) is 7.11 Å². The van der Waals surface area contributed by atoms with Crippen molar-refractivity contribution in [1.29, 1.82) is 0 Å². The summed E-state index contributed by atoms with van der Waals surface area (Å²) in [6.45, 7) is 2.58. The molecular formula is C23H21F2NO5. The highest BCUT2D eigenvalue weighted by atomic mass is 19.3. The van der Waals surface area contributed by atoms with Crippen molar-refractivity contribution in [3.8, 4) is 11.5 Å². The summed E-state index contributed by atoms with van der Waals surface area (Å²) in [5, 5.41) is 12.5. The number of ether oxygens (including phenoxy) is 2. The highest BCUT2D eigenvalue weighted by Crippen LogP contribution is 2.38. The molecule has 0 atom stereocenters. The van der Waals surface area contributed by atoms with Crippen LogP contribution < -0.4 is 14.8 Å². The van der Waals surface area contributed by atoms with Crippen LogP contribution in [0.3, 0.4) is 0 Å². The van der Waals surface area contributed by atoms with Crippen LogP contribution in [0.4, 0.5) is 8.78 Å². The van der Waals surface area contributed by atoms with Crippen LogP contribution in [-0.2, 0) is 10.9 Å². The first-order valence-corrected chi connectivity index (χ1v) is 9.34. The van der Waals surface area contributed by atoms with Crippen molar-refractivity contribution < 1.29 is 33.0 Å². The summed E-state index contributed by atoms with van der Waals surface area (Å²) in [4.78, 5) is 24.2. The van der Waals surface area contributed by atoms with E-state index in [9.17, 15) is 14.7 Å². The monoisotopic (exact) mass is 429 g/mol. The Morgan fingerprint density at radius 2 is 1.61 bits per heavy atom. The molecule has 0 heterocycles. The topological polar surface area (TPSA) is 84.9 Å². The first kappa shape index (κ1) is 22.0. The van der Waals surface area contributed by atoms with E-state index in [2.05, 4.69) is 5.32 Å². The van der Waals surface area contributed by atoms with Gasteiger partial charge in [0.2, 0.25) is 0 Å². The standard InChI is InChI=1S/C23H21F2NO5/c1-22(2,21(28)29)26-20(27)18-13-8-14-6-4-5-7-17(14)19(18)31-23(24,25)15-9-11-16(30-3)12-10-15/h4-13H,1-3H3,(H,26,27)(H,28,29). The molecule has 0 saturated carbocycles. The fraction of sp³-hybridized carbons (Fsp3) is 0.217. The molecule has 3 rings (SSSR count). The molecule has 0 unspecified atom stereocenters. The number of halogens is 2. The molecule has 3 aromatic carbocycles. The third-order valence-corrected chi connectivity index (χ3v) is 4.74. The Bertz CT molecular complexity index is 1130. The molecule has 31 heavy (non-hydrogen) atoms. The molecule has 1 amide bonds. The molecule has 2 N–H and O–H groups in total. The van der Waals surface area contributed by atoms with Crippen LogP contribution in [0.25, 0.3) is 10.8 Å². The minimum Gasteiger partial charge on any atom is -0.497 e. The lowest BCUT2D eigenvalue weighted by atomic mass is 10.0. The number of carboxylic acid groups (broad SMARTS) is 1. The summed E-state index contributed by atoms with van der Waals surface area (Å²) in [6, 6.07) is 14.6. The number of fused-ring (bicyclic) bond motifs is 1. The quantitative estimate of drug-likeness (QED) is 0.575. The second-order valence-corrected chi connectivity index (χ2v) is 7.39. The van der Waals surface area contributed by atoms with E-state index in [1.54, 1.807) is 30.3 Å². The first-order chi connectivity index (χ1) is 14.5. The summed E-state index contributed by atoms with van der Waals surface area (Å²) >= 11 is 0. The van der Waals surface area contributed by atoms with Gasteiger partial charge < -0.3 is 19.9 Å². The maximum atomic E-state index is 15.0. The minimum atomic E-state index is -3.77. The number of carboxylic acids is 1. The molecule has 0 radical (unpaired) electrons. The number of hydrogen-bond donors (Lipinski definition) is 2. The Kier molecular flexibility index (Phi) is 5.83.